The topological polar surface area (TPSA) is 68.9 Å². The largest absolute Gasteiger partial charge is 0.359 e. The van der Waals surface area contributed by atoms with Crippen LogP contribution in [0.4, 0.5) is 0 Å². The van der Waals surface area contributed by atoms with E-state index in [0.29, 0.717) is 19.0 Å². The van der Waals surface area contributed by atoms with Gasteiger partial charge < -0.3 is 20.1 Å². The molecule has 2 heterocycles. The van der Waals surface area contributed by atoms with Gasteiger partial charge in [-0.25, -0.2) is 4.99 Å². The van der Waals surface area contributed by atoms with Crippen molar-refractivity contribution in [3.63, 3.8) is 0 Å². The van der Waals surface area contributed by atoms with Gasteiger partial charge in [0, 0.05) is 45.3 Å². The Morgan fingerprint density at radius 2 is 1.77 bits per heavy atom. The first-order chi connectivity index (χ1) is 14.5. The number of aliphatic imine (C=N–C) groups is 1. The zero-order chi connectivity index (χ0) is 21.3. The molecule has 0 bridgehead atoms. The van der Waals surface area contributed by atoms with Crippen LogP contribution in [0.5, 0.6) is 0 Å². The summed E-state index contributed by atoms with van der Waals surface area (Å²) in [5, 5.41) is 10.7. The number of piperazine rings is 1. The van der Waals surface area contributed by atoms with Crippen LogP contribution in [-0.2, 0) is 19.6 Å². The van der Waals surface area contributed by atoms with Crippen LogP contribution in [0.3, 0.4) is 0 Å². The maximum atomic E-state index is 5.40. The number of likely N-dealkylation sites (N-methyl/N-ethyl adjacent to an activating group) is 1. The molecule has 2 N–H and O–H groups in total. The van der Waals surface area contributed by atoms with E-state index < -0.39 is 0 Å². The number of benzene rings is 1. The average Bonchev–Trinajstić information content (AvgIpc) is 3.22. The zero-order valence-corrected chi connectivity index (χ0v) is 21.6. The molecule has 0 unspecified atom stereocenters. The molecule has 1 fully saturated rings. The highest BCUT2D eigenvalue weighted by Crippen LogP contribution is 2.14. The summed E-state index contributed by atoms with van der Waals surface area (Å²) >= 11 is 0. The minimum absolute atomic E-state index is 0. The van der Waals surface area contributed by atoms with Gasteiger partial charge in [-0.3, -0.25) is 4.90 Å². The molecule has 2 aromatic rings. The molecule has 0 amide bonds. The second kappa shape index (κ2) is 13.0. The van der Waals surface area contributed by atoms with Gasteiger partial charge in [0.2, 0.25) is 0 Å². The summed E-state index contributed by atoms with van der Waals surface area (Å²) in [6.45, 7) is 13.9. The van der Waals surface area contributed by atoms with E-state index in [-0.39, 0.29) is 24.0 Å². The molecule has 8 heteroatoms. The molecule has 1 aromatic heterocycles. The Balaban J connectivity index is 0.00000341. The van der Waals surface area contributed by atoms with E-state index in [1.165, 1.54) is 11.1 Å². The molecule has 0 spiro atoms. The minimum Gasteiger partial charge on any atom is -0.359 e. The van der Waals surface area contributed by atoms with Crippen LogP contribution in [0.25, 0.3) is 0 Å². The van der Waals surface area contributed by atoms with Crippen LogP contribution in [0.2, 0.25) is 0 Å². The van der Waals surface area contributed by atoms with Crippen molar-refractivity contribution in [2.24, 2.45) is 4.99 Å². The Morgan fingerprint density at radius 1 is 1.10 bits per heavy atom. The van der Waals surface area contributed by atoms with Gasteiger partial charge in [-0.2, -0.15) is 0 Å². The summed E-state index contributed by atoms with van der Waals surface area (Å²) in [6.07, 6.45) is 0. The highest BCUT2D eigenvalue weighted by molar-refractivity contribution is 14.0. The number of hydrogen-bond donors (Lipinski definition) is 2. The first-order valence-corrected chi connectivity index (χ1v) is 11.0. The van der Waals surface area contributed by atoms with Gasteiger partial charge in [-0.1, -0.05) is 43.3 Å². The van der Waals surface area contributed by atoms with Crippen LogP contribution in [0.1, 0.15) is 49.3 Å². The van der Waals surface area contributed by atoms with E-state index >= 15 is 0 Å². The predicted octanol–water partition coefficient (Wildman–Crippen LogP) is 3.42. The summed E-state index contributed by atoms with van der Waals surface area (Å²) in [5.74, 6) is 1.96. The molecule has 0 saturated carbocycles. The van der Waals surface area contributed by atoms with E-state index in [1.807, 2.05) is 6.07 Å². The molecular formula is C23H37IN6O. The molecule has 1 aliphatic rings. The van der Waals surface area contributed by atoms with E-state index in [9.17, 15) is 0 Å². The van der Waals surface area contributed by atoms with Gasteiger partial charge in [-0.05, 0) is 31.0 Å². The molecule has 1 aliphatic heterocycles. The molecular weight excluding hydrogens is 503 g/mol. The van der Waals surface area contributed by atoms with Gasteiger partial charge >= 0.3 is 0 Å². The monoisotopic (exact) mass is 540 g/mol. The third-order valence-electron chi connectivity index (χ3n) is 5.39. The lowest BCUT2D eigenvalue weighted by atomic mass is 10.1. The van der Waals surface area contributed by atoms with E-state index in [1.54, 1.807) is 0 Å². The average molecular weight is 540 g/mol. The number of aromatic nitrogens is 1. The number of rotatable bonds is 8. The minimum atomic E-state index is 0. The normalized spacial score (nSPS) is 15.7. The Morgan fingerprint density at radius 3 is 2.39 bits per heavy atom. The summed E-state index contributed by atoms with van der Waals surface area (Å²) in [5.41, 5.74) is 3.55. The standard InChI is InChI=1S/C23H36N6O.HI/c1-5-24-23(26-16-21-14-22(18(2)3)27-30-21)25-15-19-6-8-20(9-7-19)17-29-12-10-28(4)11-13-29;/h6-9,14,18H,5,10-13,15-17H2,1-4H3,(H2,24,25,26);1H. The fraction of sp³-hybridized carbons (Fsp3) is 0.565. The molecule has 31 heavy (non-hydrogen) atoms. The summed E-state index contributed by atoms with van der Waals surface area (Å²) in [7, 11) is 2.19. The Hall–Kier alpha value is -1.65. The predicted molar refractivity (Wildman–Crippen MR) is 137 cm³/mol. The van der Waals surface area contributed by atoms with Crippen LogP contribution < -0.4 is 10.6 Å². The molecule has 0 atom stereocenters. The number of hydrogen-bond acceptors (Lipinski definition) is 5. The fourth-order valence-corrected chi connectivity index (χ4v) is 3.38. The second-order valence-corrected chi connectivity index (χ2v) is 8.32. The Bertz CT molecular complexity index is 797. The molecule has 7 nitrogen and oxygen atoms in total. The van der Waals surface area contributed by atoms with Gasteiger partial charge in [0.1, 0.15) is 0 Å². The van der Waals surface area contributed by atoms with Crippen LogP contribution >= 0.6 is 24.0 Å². The number of nitrogens with one attached hydrogen (secondary N) is 2. The van der Waals surface area contributed by atoms with Crippen molar-refractivity contribution in [3.05, 3.63) is 52.9 Å². The van der Waals surface area contributed by atoms with E-state index in [2.05, 4.69) is 77.7 Å². The van der Waals surface area contributed by atoms with E-state index in [0.717, 1.165) is 56.7 Å². The van der Waals surface area contributed by atoms with Crippen LogP contribution in [0.15, 0.2) is 39.8 Å². The van der Waals surface area contributed by atoms with Gasteiger partial charge in [0.15, 0.2) is 11.7 Å². The summed E-state index contributed by atoms with van der Waals surface area (Å²) in [6, 6.07) is 10.8. The molecule has 1 aromatic carbocycles. The summed E-state index contributed by atoms with van der Waals surface area (Å²) in [4.78, 5) is 9.62. The Labute approximate surface area is 203 Å². The Kier molecular flexibility index (Phi) is 10.8. The highest BCUT2D eigenvalue weighted by atomic mass is 127. The fourth-order valence-electron chi connectivity index (χ4n) is 3.38. The molecule has 0 radical (unpaired) electrons. The smallest absolute Gasteiger partial charge is 0.191 e. The zero-order valence-electron chi connectivity index (χ0n) is 19.2. The molecule has 1 saturated heterocycles. The number of nitrogens with zero attached hydrogens (tertiary/aromatic N) is 4. The van der Waals surface area contributed by atoms with Crippen molar-refractivity contribution in [1.29, 1.82) is 0 Å². The molecule has 172 valence electrons. The second-order valence-electron chi connectivity index (χ2n) is 8.32. The molecule has 3 rings (SSSR count). The van der Waals surface area contributed by atoms with Crippen LogP contribution in [-0.4, -0.2) is 60.7 Å². The van der Waals surface area contributed by atoms with Crippen molar-refractivity contribution in [2.45, 2.75) is 46.3 Å². The SMILES string of the molecule is CCNC(=NCc1ccc(CN2CCN(C)CC2)cc1)NCc1cc(C(C)C)no1.I. The van der Waals surface area contributed by atoms with Gasteiger partial charge in [-0.15, -0.1) is 24.0 Å². The first kappa shape index (κ1) is 25.6. The van der Waals surface area contributed by atoms with Crippen molar-refractivity contribution in [2.75, 3.05) is 39.8 Å². The third-order valence-corrected chi connectivity index (χ3v) is 5.39. The maximum Gasteiger partial charge on any atom is 0.191 e. The first-order valence-electron chi connectivity index (χ1n) is 11.0. The lowest BCUT2D eigenvalue weighted by Crippen LogP contribution is -2.43. The van der Waals surface area contributed by atoms with Crippen LogP contribution in [0, 0.1) is 0 Å². The van der Waals surface area contributed by atoms with Crippen molar-refractivity contribution in [3.8, 4) is 0 Å². The summed E-state index contributed by atoms with van der Waals surface area (Å²) < 4.78 is 5.40. The van der Waals surface area contributed by atoms with Gasteiger partial charge in [0.25, 0.3) is 0 Å². The lowest BCUT2D eigenvalue weighted by molar-refractivity contribution is 0.148. The molecule has 0 aliphatic carbocycles. The van der Waals surface area contributed by atoms with Crippen molar-refractivity contribution < 1.29 is 4.52 Å². The number of guanidine groups is 1. The maximum absolute atomic E-state index is 5.40. The third kappa shape index (κ3) is 8.42. The van der Waals surface area contributed by atoms with Gasteiger partial charge in [0.05, 0.1) is 18.8 Å². The van der Waals surface area contributed by atoms with Crippen molar-refractivity contribution >= 4 is 29.9 Å². The lowest BCUT2D eigenvalue weighted by Gasteiger charge is -2.32. The van der Waals surface area contributed by atoms with E-state index in [4.69, 9.17) is 9.52 Å². The van der Waals surface area contributed by atoms with Crippen molar-refractivity contribution in [1.82, 2.24) is 25.6 Å². The highest BCUT2D eigenvalue weighted by Gasteiger charge is 2.13. The quantitative estimate of drug-likeness (QED) is 0.304. The number of halogens is 1.